The molecular formula is C19H24Cl2N4O3S. The number of aliphatic imine (C=N–C) groups is 1. The zero-order chi connectivity index (χ0) is 21.8. The zero-order valence-electron chi connectivity index (χ0n) is 16.3. The van der Waals surface area contributed by atoms with Gasteiger partial charge >= 0.3 is 0 Å². The Morgan fingerprint density at radius 2 is 1.97 bits per heavy atom. The number of carbonyl (C=O) groups is 1. The molecule has 29 heavy (non-hydrogen) atoms. The number of benzene rings is 1. The van der Waals surface area contributed by atoms with Crippen molar-refractivity contribution in [1.29, 1.82) is 0 Å². The first-order valence-electron chi connectivity index (χ1n) is 8.75. The van der Waals surface area contributed by atoms with Crippen LogP contribution in [0, 0.1) is 0 Å². The van der Waals surface area contributed by atoms with Crippen LogP contribution in [0.1, 0.15) is 31.1 Å². The van der Waals surface area contributed by atoms with Crippen molar-refractivity contribution in [1.82, 2.24) is 5.32 Å². The predicted molar refractivity (Wildman–Crippen MR) is 119 cm³/mol. The largest absolute Gasteiger partial charge is 0.491 e. The summed E-state index contributed by atoms with van der Waals surface area (Å²) in [7, 11) is 0. The first kappa shape index (κ1) is 23.4. The van der Waals surface area contributed by atoms with Crippen LogP contribution in [0.4, 0.5) is 0 Å². The van der Waals surface area contributed by atoms with Gasteiger partial charge in [0, 0.05) is 23.2 Å². The maximum atomic E-state index is 12.3. The SMILES string of the molecule is CC(C)(C)NCC(O)COc1cc(C(=O)N=C(N)N)cc(-c2cc(Cl)sc2Cl)c1. The smallest absolute Gasteiger partial charge is 0.280 e. The number of carbonyl (C=O) groups excluding carboxylic acids is 1. The minimum Gasteiger partial charge on any atom is -0.491 e. The Labute approximate surface area is 183 Å². The average Bonchev–Trinajstić information content (AvgIpc) is 2.95. The summed E-state index contributed by atoms with van der Waals surface area (Å²) in [5, 5.41) is 13.4. The maximum Gasteiger partial charge on any atom is 0.280 e. The molecule has 1 amide bonds. The van der Waals surface area contributed by atoms with Crippen LogP contribution in [0.2, 0.25) is 8.67 Å². The Bertz CT molecular complexity index is 905. The standard InChI is InChI=1S/C19H24Cl2N4O3S/c1-19(2,3)24-8-12(26)9-28-13-5-10(14-7-15(20)29-16(14)21)4-11(6-13)17(27)25-18(22)23/h4-7,12,24,26H,8-9H2,1-3H3,(H4,22,23,25,27). The molecule has 0 bridgehead atoms. The van der Waals surface area contributed by atoms with E-state index in [2.05, 4.69) is 10.3 Å². The van der Waals surface area contributed by atoms with E-state index < -0.39 is 12.0 Å². The number of guanidine groups is 1. The molecule has 6 N–H and O–H groups in total. The van der Waals surface area contributed by atoms with Crippen LogP contribution in [0.15, 0.2) is 29.3 Å². The number of nitrogens with zero attached hydrogens (tertiary/aromatic N) is 1. The number of hydrogen-bond donors (Lipinski definition) is 4. The Balaban J connectivity index is 2.28. The molecule has 1 aromatic heterocycles. The van der Waals surface area contributed by atoms with E-state index in [-0.39, 0.29) is 23.7 Å². The normalized spacial score (nSPS) is 12.5. The van der Waals surface area contributed by atoms with Gasteiger partial charge < -0.3 is 26.6 Å². The van der Waals surface area contributed by atoms with Crippen molar-refractivity contribution in [3.05, 3.63) is 38.5 Å². The monoisotopic (exact) mass is 458 g/mol. The van der Waals surface area contributed by atoms with Crippen molar-refractivity contribution < 1.29 is 14.6 Å². The van der Waals surface area contributed by atoms with Gasteiger partial charge in [-0.25, -0.2) is 0 Å². The topological polar surface area (TPSA) is 123 Å². The number of thiophene rings is 1. The lowest BCUT2D eigenvalue weighted by Crippen LogP contribution is -2.42. The van der Waals surface area contributed by atoms with Gasteiger partial charge in [-0.05, 0) is 50.6 Å². The van der Waals surface area contributed by atoms with Crippen molar-refractivity contribution in [2.24, 2.45) is 16.5 Å². The molecule has 1 heterocycles. The van der Waals surface area contributed by atoms with E-state index in [0.717, 1.165) is 0 Å². The number of amides is 1. The van der Waals surface area contributed by atoms with Gasteiger partial charge in [0.1, 0.15) is 22.8 Å². The molecule has 2 rings (SSSR count). The molecule has 0 fully saturated rings. The van der Waals surface area contributed by atoms with Gasteiger partial charge in [0.15, 0.2) is 5.96 Å². The van der Waals surface area contributed by atoms with Crippen LogP contribution < -0.4 is 21.5 Å². The Morgan fingerprint density at radius 3 is 2.52 bits per heavy atom. The number of β-amino-alcohol motifs (C(OH)–C–C–N with tert-alkyl or cyclic N) is 1. The molecule has 1 unspecified atom stereocenters. The third-order valence-electron chi connectivity index (χ3n) is 3.66. The van der Waals surface area contributed by atoms with Crippen LogP contribution in [-0.2, 0) is 0 Å². The van der Waals surface area contributed by atoms with Crippen molar-refractivity contribution in [3.8, 4) is 16.9 Å². The van der Waals surface area contributed by atoms with Crippen LogP contribution in [-0.4, -0.2) is 41.8 Å². The molecule has 0 aliphatic rings. The van der Waals surface area contributed by atoms with Crippen molar-refractivity contribution in [3.63, 3.8) is 0 Å². The fourth-order valence-electron chi connectivity index (χ4n) is 2.36. The van der Waals surface area contributed by atoms with Gasteiger partial charge in [-0.3, -0.25) is 4.79 Å². The number of nitrogens with two attached hydrogens (primary N) is 2. The molecule has 0 spiro atoms. The fraction of sp³-hybridized carbons (Fsp3) is 0.368. The minimum atomic E-state index is -0.742. The van der Waals surface area contributed by atoms with Gasteiger partial charge in [-0.15, -0.1) is 11.3 Å². The highest BCUT2D eigenvalue weighted by atomic mass is 35.5. The third-order valence-corrected chi connectivity index (χ3v) is 5.15. The molecule has 2 aromatic rings. The van der Waals surface area contributed by atoms with Crippen LogP contribution in [0.5, 0.6) is 5.75 Å². The fourth-order valence-corrected chi connectivity index (χ4v) is 3.86. The summed E-state index contributed by atoms with van der Waals surface area (Å²) < 4.78 is 6.70. The lowest BCUT2D eigenvalue weighted by molar-refractivity contribution is 0.0988. The van der Waals surface area contributed by atoms with E-state index in [0.29, 0.717) is 32.1 Å². The Kier molecular flexibility index (Phi) is 7.90. The van der Waals surface area contributed by atoms with Crippen LogP contribution in [0.25, 0.3) is 11.1 Å². The summed E-state index contributed by atoms with van der Waals surface area (Å²) in [5.41, 5.74) is 12.0. The molecule has 0 saturated heterocycles. The summed E-state index contributed by atoms with van der Waals surface area (Å²) in [6.07, 6.45) is -0.742. The first-order valence-corrected chi connectivity index (χ1v) is 10.3. The molecule has 0 aliphatic heterocycles. The van der Waals surface area contributed by atoms with Gasteiger partial charge in [0.05, 0.1) is 4.34 Å². The highest BCUT2D eigenvalue weighted by Crippen LogP contribution is 2.39. The number of ether oxygens (including phenoxy) is 1. The van der Waals surface area contributed by atoms with Crippen molar-refractivity contribution in [2.75, 3.05) is 13.2 Å². The summed E-state index contributed by atoms with van der Waals surface area (Å²) >= 11 is 13.5. The number of aliphatic hydroxyl groups excluding tert-OH is 1. The second-order valence-electron chi connectivity index (χ2n) is 7.42. The number of rotatable bonds is 7. The lowest BCUT2D eigenvalue weighted by Gasteiger charge is -2.23. The summed E-state index contributed by atoms with van der Waals surface area (Å²) in [6, 6.07) is 6.51. The Hall–Kier alpha value is -1.84. The molecule has 1 aromatic carbocycles. The maximum absolute atomic E-state index is 12.3. The third kappa shape index (κ3) is 7.49. The molecule has 10 heteroatoms. The Morgan fingerprint density at radius 1 is 1.28 bits per heavy atom. The van der Waals surface area contributed by atoms with E-state index in [4.69, 9.17) is 39.4 Å². The van der Waals surface area contributed by atoms with E-state index >= 15 is 0 Å². The number of nitrogens with one attached hydrogen (secondary N) is 1. The van der Waals surface area contributed by atoms with Crippen LogP contribution >= 0.6 is 34.5 Å². The minimum absolute atomic E-state index is 0.0284. The van der Waals surface area contributed by atoms with Crippen molar-refractivity contribution in [2.45, 2.75) is 32.4 Å². The van der Waals surface area contributed by atoms with Crippen molar-refractivity contribution >= 4 is 46.4 Å². The first-order chi connectivity index (χ1) is 13.4. The molecule has 0 aliphatic carbocycles. The predicted octanol–water partition coefficient (Wildman–Crippen LogP) is 3.26. The summed E-state index contributed by atoms with van der Waals surface area (Å²) in [5.74, 6) is -0.600. The number of hydrogen-bond acceptors (Lipinski definition) is 5. The van der Waals surface area contributed by atoms with E-state index in [1.807, 2.05) is 20.8 Å². The highest BCUT2D eigenvalue weighted by molar-refractivity contribution is 7.20. The van der Waals surface area contributed by atoms with Gasteiger partial charge in [0.25, 0.3) is 5.91 Å². The van der Waals surface area contributed by atoms with E-state index in [9.17, 15) is 9.90 Å². The van der Waals surface area contributed by atoms with E-state index in [1.165, 1.54) is 17.4 Å². The van der Waals surface area contributed by atoms with Gasteiger partial charge in [-0.2, -0.15) is 4.99 Å². The average molecular weight is 459 g/mol. The lowest BCUT2D eigenvalue weighted by atomic mass is 10.0. The molecule has 7 nitrogen and oxygen atoms in total. The zero-order valence-corrected chi connectivity index (χ0v) is 18.7. The number of halogens is 2. The van der Waals surface area contributed by atoms with Gasteiger partial charge in [-0.1, -0.05) is 23.2 Å². The highest BCUT2D eigenvalue weighted by Gasteiger charge is 2.16. The summed E-state index contributed by atoms with van der Waals surface area (Å²) in [6.45, 7) is 6.39. The number of aliphatic hydroxyl groups is 1. The molecule has 158 valence electrons. The molecular weight excluding hydrogens is 435 g/mol. The van der Waals surface area contributed by atoms with Gasteiger partial charge in [0.2, 0.25) is 0 Å². The second kappa shape index (κ2) is 9.77. The van der Waals surface area contributed by atoms with E-state index in [1.54, 1.807) is 18.2 Å². The summed E-state index contributed by atoms with van der Waals surface area (Å²) in [4.78, 5) is 15.9. The molecule has 1 atom stereocenters. The molecule has 0 saturated carbocycles. The second-order valence-corrected chi connectivity index (χ2v) is 9.71. The molecule has 0 radical (unpaired) electrons. The van der Waals surface area contributed by atoms with Crippen LogP contribution in [0.3, 0.4) is 0 Å². The quantitative estimate of drug-likeness (QED) is 0.372.